The van der Waals surface area contributed by atoms with Crippen LogP contribution in [0.25, 0.3) is 11.2 Å². The summed E-state index contributed by atoms with van der Waals surface area (Å²) < 4.78 is 0. The molecule has 0 unspecified atom stereocenters. The third-order valence-corrected chi connectivity index (χ3v) is 3.52. The van der Waals surface area contributed by atoms with Crippen LogP contribution in [0.1, 0.15) is 25.7 Å². The molecular formula is C12H15N5O2. The number of fused-ring (bicyclic) bond motifs is 1. The van der Waals surface area contributed by atoms with Gasteiger partial charge in [-0.2, -0.15) is 4.98 Å². The van der Waals surface area contributed by atoms with E-state index in [9.17, 15) is 9.59 Å². The fourth-order valence-electron chi connectivity index (χ4n) is 2.37. The quantitative estimate of drug-likeness (QED) is 0.758. The highest BCUT2D eigenvalue weighted by atomic mass is 16.1. The van der Waals surface area contributed by atoms with Gasteiger partial charge in [0, 0.05) is 19.4 Å². The molecule has 0 spiro atoms. The molecule has 100 valence electrons. The maximum atomic E-state index is 11.7. The average molecular weight is 261 g/mol. The van der Waals surface area contributed by atoms with Crippen LogP contribution in [-0.4, -0.2) is 32.3 Å². The highest BCUT2D eigenvalue weighted by Crippen LogP contribution is 2.21. The van der Waals surface area contributed by atoms with Crippen LogP contribution >= 0.6 is 0 Å². The monoisotopic (exact) mass is 261 g/mol. The fourth-order valence-corrected chi connectivity index (χ4v) is 2.37. The molecule has 0 radical (unpaired) electrons. The number of carbonyl (C=O) groups is 1. The van der Waals surface area contributed by atoms with Crippen molar-refractivity contribution >= 4 is 22.9 Å². The molecule has 0 aromatic carbocycles. The molecule has 3 N–H and O–H groups in total. The second-order valence-electron chi connectivity index (χ2n) is 4.88. The number of aromatic nitrogens is 4. The van der Waals surface area contributed by atoms with Crippen molar-refractivity contribution in [2.24, 2.45) is 5.92 Å². The highest BCUT2D eigenvalue weighted by molar-refractivity contribution is 5.79. The largest absolute Gasteiger partial charge is 0.355 e. The van der Waals surface area contributed by atoms with Gasteiger partial charge in [0.05, 0.1) is 6.33 Å². The van der Waals surface area contributed by atoms with E-state index in [4.69, 9.17) is 0 Å². The molecule has 0 saturated heterocycles. The van der Waals surface area contributed by atoms with Crippen molar-refractivity contribution in [1.82, 2.24) is 19.9 Å². The van der Waals surface area contributed by atoms with E-state index in [1.54, 1.807) is 0 Å². The van der Waals surface area contributed by atoms with Crippen LogP contribution in [0.3, 0.4) is 0 Å². The third-order valence-electron chi connectivity index (χ3n) is 3.52. The minimum absolute atomic E-state index is 0.233. The lowest BCUT2D eigenvalue weighted by atomic mass is 9.88. The summed E-state index contributed by atoms with van der Waals surface area (Å²) in [6, 6.07) is 0. The van der Waals surface area contributed by atoms with Gasteiger partial charge in [-0.25, -0.2) is 4.98 Å². The lowest BCUT2D eigenvalue weighted by Gasteiger charge is -2.21. The first-order valence-corrected chi connectivity index (χ1v) is 6.41. The molecule has 0 aliphatic heterocycles. The highest BCUT2D eigenvalue weighted by Gasteiger charge is 2.18. The first-order valence-electron chi connectivity index (χ1n) is 6.41. The normalized spacial score (nSPS) is 16.9. The first-order chi connectivity index (χ1) is 9.22. The summed E-state index contributed by atoms with van der Waals surface area (Å²) in [5.41, 5.74) is 0.558. The number of aromatic amines is 2. The van der Waals surface area contributed by atoms with Crippen LogP contribution < -0.4 is 10.9 Å². The maximum Gasteiger partial charge on any atom is 0.278 e. The van der Waals surface area contributed by atoms with Gasteiger partial charge in [-0.05, 0) is 18.8 Å². The Morgan fingerprint density at radius 1 is 1.32 bits per heavy atom. The molecule has 3 rings (SSSR count). The number of nitrogens with zero attached hydrogens (tertiary/aromatic N) is 2. The lowest BCUT2D eigenvalue weighted by Crippen LogP contribution is -2.23. The molecule has 1 fully saturated rings. The van der Waals surface area contributed by atoms with Gasteiger partial charge < -0.3 is 10.3 Å². The van der Waals surface area contributed by atoms with Crippen LogP contribution in [0.15, 0.2) is 11.1 Å². The molecule has 7 heteroatoms. The van der Waals surface area contributed by atoms with E-state index >= 15 is 0 Å². The van der Waals surface area contributed by atoms with Gasteiger partial charge in [0.25, 0.3) is 5.56 Å². The molecule has 2 heterocycles. The van der Waals surface area contributed by atoms with Crippen LogP contribution in [0.4, 0.5) is 5.95 Å². The molecule has 2 aromatic rings. The number of carbonyl (C=O) groups excluding carboxylic acids is 1. The Balaban J connectivity index is 1.68. The Kier molecular flexibility index (Phi) is 3.02. The minimum atomic E-state index is -0.233. The van der Waals surface area contributed by atoms with Crippen molar-refractivity contribution < 1.29 is 4.79 Å². The smallest absolute Gasteiger partial charge is 0.278 e. The van der Waals surface area contributed by atoms with Gasteiger partial charge in [-0.1, -0.05) is 0 Å². The van der Waals surface area contributed by atoms with Crippen molar-refractivity contribution in [3.63, 3.8) is 0 Å². The number of imidazole rings is 1. The predicted octanol–water partition coefficient (Wildman–Crippen LogP) is 0.817. The zero-order chi connectivity index (χ0) is 13.2. The molecule has 2 aromatic heterocycles. The number of H-pyrrole nitrogens is 2. The van der Waals surface area contributed by atoms with Crippen molar-refractivity contribution in [2.75, 3.05) is 11.9 Å². The van der Waals surface area contributed by atoms with Crippen molar-refractivity contribution in [1.29, 1.82) is 0 Å². The molecular weight excluding hydrogens is 246 g/mol. The summed E-state index contributed by atoms with van der Waals surface area (Å²) in [7, 11) is 0. The number of hydrogen-bond donors (Lipinski definition) is 3. The first kappa shape index (κ1) is 11.9. The van der Waals surface area contributed by atoms with E-state index in [1.807, 2.05) is 0 Å². The SMILES string of the molecule is O=C1CCC(CNc2nc3nc[nH]c3c(=O)[nH]2)CC1. The third kappa shape index (κ3) is 2.49. The van der Waals surface area contributed by atoms with Crippen molar-refractivity contribution in [2.45, 2.75) is 25.7 Å². The molecule has 1 aliphatic rings. The van der Waals surface area contributed by atoms with Crippen LogP contribution in [0.5, 0.6) is 0 Å². The van der Waals surface area contributed by atoms with E-state index < -0.39 is 0 Å². The van der Waals surface area contributed by atoms with Crippen LogP contribution in [0, 0.1) is 5.92 Å². The molecule has 19 heavy (non-hydrogen) atoms. The molecule has 0 atom stereocenters. The predicted molar refractivity (Wildman–Crippen MR) is 70.0 cm³/mol. The van der Waals surface area contributed by atoms with Crippen LogP contribution in [-0.2, 0) is 4.79 Å². The van der Waals surface area contributed by atoms with Gasteiger partial charge in [-0.15, -0.1) is 0 Å². The van der Waals surface area contributed by atoms with E-state index in [-0.39, 0.29) is 5.56 Å². The topological polar surface area (TPSA) is 104 Å². The number of rotatable bonds is 3. The Bertz CT molecular complexity index is 649. The van der Waals surface area contributed by atoms with Gasteiger partial charge >= 0.3 is 0 Å². The number of Topliss-reactive ketones (excluding diaryl/α,β-unsaturated/α-hetero) is 1. The zero-order valence-electron chi connectivity index (χ0n) is 10.4. The van der Waals surface area contributed by atoms with E-state index in [2.05, 4.69) is 25.3 Å². The summed E-state index contributed by atoms with van der Waals surface area (Å²) in [5, 5.41) is 3.12. The second-order valence-corrected chi connectivity index (χ2v) is 4.88. The summed E-state index contributed by atoms with van der Waals surface area (Å²) in [4.78, 5) is 36.5. The van der Waals surface area contributed by atoms with Gasteiger partial charge in [0.2, 0.25) is 5.95 Å². The van der Waals surface area contributed by atoms with E-state index in [0.717, 1.165) is 12.8 Å². The van der Waals surface area contributed by atoms with Crippen LogP contribution in [0.2, 0.25) is 0 Å². The number of ketones is 1. The zero-order valence-corrected chi connectivity index (χ0v) is 10.4. The van der Waals surface area contributed by atoms with Gasteiger partial charge in [-0.3, -0.25) is 14.6 Å². The number of hydrogen-bond acceptors (Lipinski definition) is 5. The molecule has 1 saturated carbocycles. The summed E-state index contributed by atoms with van der Waals surface area (Å²) in [6.45, 7) is 0.714. The minimum Gasteiger partial charge on any atom is -0.355 e. The maximum absolute atomic E-state index is 11.7. The molecule has 1 aliphatic carbocycles. The summed E-state index contributed by atoms with van der Waals surface area (Å²) in [5.74, 6) is 1.24. The van der Waals surface area contributed by atoms with Gasteiger partial charge in [0.15, 0.2) is 11.2 Å². The van der Waals surface area contributed by atoms with Crippen molar-refractivity contribution in [3.8, 4) is 0 Å². The second kappa shape index (κ2) is 4.83. The fraction of sp³-hybridized carbons (Fsp3) is 0.500. The lowest BCUT2D eigenvalue weighted by molar-refractivity contribution is -0.120. The summed E-state index contributed by atoms with van der Waals surface area (Å²) >= 11 is 0. The Hall–Kier alpha value is -2.18. The Morgan fingerprint density at radius 3 is 2.89 bits per heavy atom. The number of nitrogens with one attached hydrogen (secondary N) is 3. The average Bonchev–Trinajstić information content (AvgIpc) is 2.87. The molecule has 0 bridgehead atoms. The number of anilines is 1. The molecule has 0 amide bonds. The van der Waals surface area contributed by atoms with E-state index in [1.165, 1.54) is 6.33 Å². The Labute approximate surface area is 108 Å². The standard InChI is InChI=1S/C12H15N5O2/c18-8-3-1-7(2-4-8)5-13-12-16-10-9(11(19)17-12)14-6-15-10/h6-7H,1-5H2,(H3,13,14,15,16,17,19). The molecule has 7 nitrogen and oxygen atoms in total. The van der Waals surface area contributed by atoms with Gasteiger partial charge in [0.1, 0.15) is 5.78 Å². The Morgan fingerprint density at radius 2 is 2.11 bits per heavy atom. The summed E-state index contributed by atoms with van der Waals surface area (Å²) in [6.07, 6.45) is 4.58. The van der Waals surface area contributed by atoms with Crippen molar-refractivity contribution in [3.05, 3.63) is 16.7 Å². The van der Waals surface area contributed by atoms with E-state index in [0.29, 0.717) is 48.2 Å².